The van der Waals surface area contributed by atoms with E-state index >= 15 is 0 Å². The summed E-state index contributed by atoms with van der Waals surface area (Å²) >= 11 is 0. The molecule has 1 aromatic heterocycles. The van der Waals surface area contributed by atoms with Crippen LogP contribution in [0.1, 0.15) is 0 Å². The molecule has 0 aliphatic rings. The number of fused-ring (bicyclic) bond motifs is 1. The van der Waals surface area contributed by atoms with Gasteiger partial charge in [-0.1, -0.05) is 6.07 Å². The lowest BCUT2D eigenvalue weighted by Crippen LogP contribution is -1.98. The van der Waals surface area contributed by atoms with E-state index < -0.39 is 0 Å². The lowest BCUT2D eigenvalue weighted by Gasteiger charge is -1.92. The first-order valence-corrected chi connectivity index (χ1v) is 3.35. The lowest BCUT2D eigenvalue weighted by molar-refractivity contribution is 1.39. The molecule has 0 atom stereocenters. The zero-order chi connectivity index (χ0) is 7.68. The minimum Gasteiger partial charge on any atom is -0.361 e. The van der Waals surface area contributed by atoms with Crippen molar-refractivity contribution in [2.75, 3.05) is 0 Å². The number of hydrogen-bond acceptors (Lipinski definition) is 1. The molecule has 0 fully saturated rings. The van der Waals surface area contributed by atoms with Crippen LogP contribution in [0.15, 0.2) is 35.3 Å². The lowest BCUT2D eigenvalue weighted by atomic mass is 10.2. The van der Waals surface area contributed by atoms with Gasteiger partial charge in [-0.15, -0.1) is 0 Å². The standard InChI is InChI=1S/C9H6NO/c11-9-5-6-10-8-4-2-1-3-7(8)9/h1,3-6H,(H,10,11). The van der Waals surface area contributed by atoms with Gasteiger partial charge in [-0.3, -0.25) is 4.79 Å². The van der Waals surface area contributed by atoms with Crippen molar-refractivity contribution in [3.8, 4) is 0 Å². The molecular weight excluding hydrogens is 138 g/mol. The second-order valence-corrected chi connectivity index (χ2v) is 2.31. The molecule has 1 N–H and O–H groups in total. The maximum atomic E-state index is 11.1. The van der Waals surface area contributed by atoms with E-state index in [1.807, 2.05) is 0 Å². The molecule has 0 spiro atoms. The molecule has 1 radical (unpaired) electrons. The van der Waals surface area contributed by atoms with Gasteiger partial charge >= 0.3 is 0 Å². The first kappa shape index (κ1) is 6.16. The summed E-state index contributed by atoms with van der Waals surface area (Å²) in [4.78, 5) is 14.1. The first-order valence-electron chi connectivity index (χ1n) is 3.35. The van der Waals surface area contributed by atoms with Crippen LogP contribution >= 0.6 is 0 Å². The molecule has 11 heavy (non-hydrogen) atoms. The van der Waals surface area contributed by atoms with E-state index in [1.54, 1.807) is 24.4 Å². The molecule has 0 unspecified atom stereocenters. The number of H-pyrrole nitrogens is 1. The van der Waals surface area contributed by atoms with E-state index in [2.05, 4.69) is 11.1 Å². The molecule has 0 saturated carbocycles. The fraction of sp³-hybridized carbons (Fsp3) is 0. The second kappa shape index (κ2) is 2.23. The van der Waals surface area contributed by atoms with Crippen LogP contribution in [0.2, 0.25) is 0 Å². The fourth-order valence-corrected chi connectivity index (χ4v) is 1.06. The van der Waals surface area contributed by atoms with Crippen molar-refractivity contribution >= 4 is 10.9 Å². The fourth-order valence-electron chi connectivity index (χ4n) is 1.06. The van der Waals surface area contributed by atoms with Gasteiger partial charge in [0.2, 0.25) is 0 Å². The number of hydrogen-bond donors (Lipinski definition) is 1. The van der Waals surface area contributed by atoms with E-state index in [9.17, 15) is 4.79 Å². The summed E-state index contributed by atoms with van der Waals surface area (Å²) in [6, 6.07) is 9.66. The van der Waals surface area contributed by atoms with Crippen molar-refractivity contribution in [3.63, 3.8) is 0 Å². The van der Waals surface area contributed by atoms with Gasteiger partial charge in [-0.25, -0.2) is 0 Å². The molecule has 53 valence electrons. The van der Waals surface area contributed by atoms with Gasteiger partial charge in [0.15, 0.2) is 5.43 Å². The zero-order valence-electron chi connectivity index (χ0n) is 5.79. The Labute approximate surface area is 63.5 Å². The van der Waals surface area contributed by atoms with E-state index in [0.717, 1.165) is 5.52 Å². The van der Waals surface area contributed by atoms with Crippen molar-refractivity contribution < 1.29 is 0 Å². The molecule has 0 saturated heterocycles. The highest BCUT2D eigenvalue weighted by atomic mass is 16.1. The largest absolute Gasteiger partial charge is 0.361 e. The number of pyridine rings is 1. The third-order valence-corrected chi connectivity index (χ3v) is 1.60. The normalized spacial score (nSPS) is 10.2. The molecule has 2 aromatic rings. The Morgan fingerprint density at radius 2 is 2.27 bits per heavy atom. The SMILES string of the molecule is O=c1cc[nH]c2c[c]ccc12. The predicted octanol–water partition coefficient (Wildman–Crippen LogP) is 1.33. The summed E-state index contributed by atoms with van der Waals surface area (Å²) < 4.78 is 0. The van der Waals surface area contributed by atoms with Crippen molar-refractivity contribution in [1.29, 1.82) is 0 Å². The van der Waals surface area contributed by atoms with Crippen molar-refractivity contribution in [2.24, 2.45) is 0 Å². The summed E-state index contributed by atoms with van der Waals surface area (Å²) in [7, 11) is 0. The summed E-state index contributed by atoms with van der Waals surface area (Å²) in [6.07, 6.45) is 1.64. The first-order chi connectivity index (χ1) is 5.38. The topological polar surface area (TPSA) is 32.9 Å². The third kappa shape index (κ3) is 0.923. The van der Waals surface area contributed by atoms with Crippen molar-refractivity contribution in [3.05, 3.63) is 46.8 Å². The minimum atomic E-state index is 0.0488. The third-order valence-electron chi connectivity index (χ3n) is 1.60. The van der Waals surface area contributed by atoms with Crippen LogP contribution in [0.5, 0.6) is 0 Å². The maximum absolute atomic E-state index is 11.1. The van der Waals surface area contributed by atoms with Gasteiger partial charge in [-0.05, 0) is 18.2 Å². The molecule has 0 aliphatic carbocycles. The van der Waals surface area contributed by atoms with E-state index in [-0.39, 0.29) is 5.43 Å². The smallest absolute Gasteiger partial charge is 0.189 e. The van der Waals surface area contributed by atoms with E-state index in [4.69, 9.17) is 0 Å². The van der Waals surface area contributed by atoms with Gasteiger partial charge in [-0.2, -0.15) is 0 Å². The van der Waals surface area contributed by atoms with Gasteiger partial charge < -0.3 is 4.98 Å². The molecular formula is C9H6NO. The Morgan fingerprint density at radius 1 is 1.36 bits per heavy atom. The highest BCUT2D eigenvalue weighted by molar-refractivity contribution is 5.77. The van der Waals surface area contributed by atoms with Crippen LogP contribution in [-0.4, -0.2) is 4.98 Å². The summed E-state index contributed by atoms with van der Waals surface area (Å²) in [5.74, 6) is 0. The number of benzene rings is 1. The van der Waals surface area contributed by atoms with E-state index in [1.165, 1.54) is 6.07 Å². The molecule has 1 aromatic carbocycles. The molecule has 0 amide bonds. The molecule has 2 nitrogen and oxygen atoms in total. The van der Waals surface area contributed by atoms with Gasteiger partial charge in [0, 0.05) is 23.2 Å². The molecule has 2 heteroatoms. The average Bonchev–Trinajstić information content (AvgIpc) is 2.06. The predicted molar refractivity (Wildman–Crippen MR) is 43.4 cm³/mol. The Bertz CT molecular complexity index is 425. The van der Waals surface area contributed by atoms with Gasteiger partial charge in [0.25, 0.3) is 0 Å². The molecule has 0 bridgehead atoms. The van der Waals surface area contributed by atoms with Crippen LogP contribution in [0, 0.1) is 6.07 Å². The average molecular weight is 144 g/mol. The monoisotopic (exact) mass is 144 g/mol. The molecule has 1 heterocycles. The number of aromatic amines is 1. The zero-order valence-corrected chi connectivity index (χ0v) is 5.79. The highest BCUT2D eigenvalue weighted by Crippen LogP contribution is 2.02. The Morgan fingerprint density at radius 3 is 3.09 bits per heavy atom. The van der Waals surface area contributed by atoms with E-state index in [0.29, 0.717) is 5.39 Å². The Balaban J connectivity index is 3.03. The van der Waals surface area contributed by atoms with Gasteiger partial charge in [0.05, 0.1) is 0 Å². The maximum Gasteiger partial charge on any atom is 0.189 e. The van der Waals surface area contributed by atoms with Crippen LogP contribution < -0.4 is 5.43 Å². The summed E-state index contributed by atoms with van der Waals surface area (Å²) in [5, 5.41) is 0.714. The second-order valence-electron chi connectivity index (χ2n) is 2.31. The van der Waals surface area contributed by atoms with Crippen molar-refractivity contribution in [1.82, 2.24) is 4.98 Å². The number of rotatable bonds is 0. The van der Waals surface area contributed by atoms with Crippen LogP contribution in [0.25, 0.3) is 10.9 Å². The van der Waals surface area contributed by atoms with Crippen LogP contribution in [-0.2, 0) is 0 Å². The van der Waals surface area contributed by atoms with Crippen molar-refractivity contribution in [2.45, 2.75) is 0 Å². The Kier molecular flexibility index (Phi) is 1.25. The number of nitrogens with one attached hydrogen (secondary N) is 1. The van der Waals surface area contributed by atoms with Crippen LogP contribution in [0.4, 0.5) is 0 Å². The quantitative estimate of drug-likeness (QED) is 0.594. The van der Waals surface area contributed by atoms with Crippen LogP contribution in [0.3, 0.4) is 0 Å². The minimum absolute atomic E-state index is 0.0488. The number of aromatic nitrogens is 1. The summed E-state index contributed by atoms with van der Waals surface area (Å²) in [5.41, 5.74) is 0.882. The highest BCUT2D eigenvalue weighted by Gasteiger charge is 1.92. The Hall–Kier alpha value is -1.57. The molecule has 0 aliphatic heterocycles. The molecule has 2 rings (SSSR count). The van der Waals surface area contributed by atoms with Gasteiger partial charge in [0.1, 0.15) is 0 Å². The summed E-state index contributed by atoms with van der Waals surface area (Å²) in [6.45, 7) is 0.